The third-order valence-electron chi connectivity index (χ3n) is 5.24. The van der Waals surface area contributed by atoms with Gasteiger partial charge in [0, 0.05) is 24.5 Å². The van der Waals surface area contributed by atoms with E-state index in [1.54, 1.807) is 6.20 Å². The highest BCUT2D eigenvalue weighted by atomic mass is 16.6. The lowest BCUT2D eigenvalue weighted by atomic mass is 10.2. The Morgan fingerprint density at radius 2 is 2.09 bits per heavy atom. The molecule has 3 N–H and O–H groups in total. The zero-order chi connectivity index (χ0) is 23.4. The maximum atomic E-state index is 11.9. The molecule has 0 spiro atoms. The van der Waals surface area contributed by atoms with Gasteiger partial charge in [0.25, 0.3) is 0 Å². The van der Waals surface area contributed by atoms with E-state index < -0.39 is 0 Å². The van der Waals surface area contributed by atoms with Gasteiger partial charge in [-0.15, -0.1) is 0 Å². The average molecular weight is 456 g/mol. The predicted octanol–water partition coefficient (Wildman–Crippen LogP) is 4.00. The van der Waals surface area contributed by atoms with Gasteiger partial charge in [0.1, 0.15) is 24.3 Å². The van der Waals surface area contributed by atoms with E-state index in [2.05, 4.69) is 25.9 Å². The summed E-state index contributed by atoms with van der Waals surface area (Å²) in [4.78, 5) is 20.8. The highest BCUT2D eigenvalue weighted by Crippen LogP contribution is 2.32. The van der Waals surface area contributed by atoms with Crippen LogP contribution in [-0.2, 0) is 9.47 Å². The van der Waals surface area contributed by atoms with Gasteiger partial charge in [-0.3, -0.25) is 4.79 Å². The molecule has 9 heteroatoms. The van der Waals surface area contributed by atoms with Crippen LogP contribution in [-0.4, -0.2) is 59.9 Å². The summed E-state index contributed by atoms with van der Waals surface area (Å²) in [7, 11) is 0. The van der Waals surface area contributed by atoms with Crippen molar-refractivity contribution in [3.05, 3.63) is 30.0 Å². The van der Waals surface area contributed by atoms with E-state index in [0.29, 0.717) is 49.7 Å². The van der Waals surface area contributed by atoms with Crippen LogP contribution in [0.2, 0.25) is 0 Å². The van der Waals surface area contributed by atoms with Crippen LogP contribution in [0.15, 0.2) is 24.4 Å². The zero-order valence-electron chi connectivity index (χ0n) is 19.7. The molecule has 1 aliphatic carbocycles. The number of nitrogens with one attached hydrogen (secondary N) is 3. The van der Waals surface area contributed by atoms with Crippen LogP contribution in [0.1, 0.15) is 50.9 Å². The molecular formula is C24H33N5O4. The minimum atomic E-state index is -0.175. The Kier molecular flexibility index (Phi) is 6.99. The summed E-state index contributed by atoms with van der Waals surface area (Å²) in [6, 6.07) is 6.16. The summed E-state index contributed by atoms with van der Waals surface area (Å²) in [5.74, 6) is 1.71. The van der Waals surface area contributed by atoms with Crippen molar-refractivity contribution in [1.29, 1.82) is 0 Å². The van der Waals surface area contributed by atoms with Crippen molar-refractivity contribution in [2.45, 2.75) is 58.3 Å². The second-order valence-corrected chi connectivity index (χ2v) is 9.41. The minimum absolute atomic E-state index is 0.0576. The zero-order valence-corrected chi connectivity index (χ0v) is 19.7. The van der Waals surface area contributed by atoms with Crippen LogP contribution < -0.4 is 20.7 Å². The number of carbonyl (C=O) groups is 1. The maximum absolute atomic E-state index is 11.9. The van der Waals surface area contributed by atoms with Crippen molar-refractivity contribution in [3.63, 3.8) is 0 Å². The first kappa shape index (κ1) is 23.3. The first-order valence-corrected chi connectivity index (χ1v) is 11.4. The number of hydrogen-bond donors (Lipinski definition) is 3. The number of Topliss-reactive ketones (excluding diaryl/α,β-unsaturated/α-hetero) is 1. The summed E-state index contributed by atoms with van der Waals surface area (Å²) in [6.45, 7) is 9.76. The van der Waals surface area contributed by atoms with Crippen LogP contribution in [0.4, 0.5) is 23.1 Å². The molecule has 9 nitrogen and oxygen atoms in total. The van der Waals surface area contributed by atoms with Crippen LogP contribution in [0.5, 0.6) is 5.75 Å². The lowest BCUT2D eigenvalue weighted by Gasteiger charge is -2.21. The van der Waals surface area contributed by atoms with Crippen molar-refractivity contribution >= 4 is 28.9 Å². The number of carbonyl (C=O) groups excluding carboxylic acids is 1. The quantitative estimate of drug-likeness (QED) is 0.382. The van der Waals surface area contributed by atoms with Crippen LogP contribution in [0.3, 0.4) is 0 Å². The minimum Gasteiger partial charge on any atom is -0.489 e. The fourth-order valence-corrected chi connectivity index (χ4v) is 3.37. The van der Waals surface area contributed by atoms with Gasteiger partial charge in [0.2, 0.25) is 5.95 Å². The number of rotatable bonds is 9. The van der Waals surface area contributed by atoms with Gasteiger partial charge in [-0.1, -0.05) is 0 Å². The van der Waals surface area contributed by atoms with E-state index in [4.69, 9.17) is 14.2 Å². The number of aromatic nitrogens is 2. The van der Waals surface area contributed by atoms with E-state index in [1.807, 2.05) is 39.0 Å². The van der Waals surface area contributed by atoms with Crippen molar-refractivity contribution in [3.8, 4) is 5.75 Å². The molecule has 0 bridgehead atoms. The summed E-state index contributed by atoms with van der Waals surface area (Å²) in [5, 5.41) is 9.94. The Balaban J connectivity index is 1.37. The molecule has 1 aliphatic heterocycles. The SMILES string of the molecule is CC(=O)c1cnc(Nc2ccc3c(c2)NC[C@H](OCCOC(C)(C)C)CO3)nc1NC1CC1. The van der Waals surface area contributed by atoms with E-state index in [-0.39, 0.29) is 17.5 Å². The molecule has 1 saturated carbocycles. The van der Waals surface area contributed by atoms with Gasteiger partial charge in [0.15, 0.2) is 5.78 Å². The van der Waals surface area contributed by atoms with Gasteiger partial charge < -0.3 is 30.2 Å². The second kappa shape index (κ2) is 9.93. The van der Waals surface area contributed by atoms with Crippen molar-refractivity contribution in [1.82, 2.24) is 9.97 Å². The molecule has 2 heterocycles. The van der Waals surface area contributed by atoms with E-state index in [0.717, 1.165) is 30.0 Å². The maximum Gasteiger partial charge on any atom is 0.229 e. The highest BCUT2D eigenvalue weighted by Gasteiger charge is 2.24. The summed E-state index contributed by atoms with van der Waals surface area (Å²) >= 11 is 0. The van der Waals surface area contributed by atoms with Crippen molar-refractivity contribution in [2.75, 3.05) is 42.3 Å². The Bertz CT molecular complexity index is 987. The van der Waals surface area contributed by atoms with Gasteiger partial charge >= 0.3 is 0 Å². The Hall–Kier alpha value is -2.91. The summed E-state index contributed by atoms with van der Waals surface area (Å²) in [6.07, 6.45) is 3.68. The first-order valence-electron chi connectivity index (χ1n) is 11.4. The molecule has 178 valence electrons. The van der Waals surface area contributed by atoms with Crippen LogP contribution >= 0.6 is 0 Å². The van der Waals surface area contributed by atoms with Crippen LogP contribution in [0.25, 0.3) is 0 Å². The largest absolute Gasteiger partial charge is 0.489 e. The molecule has 1 aromatic carbocycles. The number of fused-ring (bicyclic) bond motifs is 1. The molecule has 0 unspecified atom stereocenters. The Morgan fingerprint density at radius 1 is 1.27 bits per heavy atom. The van der Waals surface area contributed by atoms with E-state index in [9.17, 15) is 4.79 Å². The normalized spacial score (nSPS) is 17.9. The molecule has 4 rings (SSSR count). The van der Waals surface area contributed by atoms with Crippen molar-refractivity contribution < 1.29 is 19.0 Å². The topological polar surface area (TPSA) is 107 Å². The molecule has 0 saturated heterocycles. The molecule has 0 radical (unpaired) electrons. The predicted molar refractivity (Wildman–Crippen MR) is 128 cm³/mol. The number of ketones is 1. The fraction of sp³-hybridized carbons (Fsp3) is 0.542. The van der Waals surface area contributed by atoms with Gasteiger partial charge in [0.05, 0.1) is 30.1 Å². The molecule has 2 aromatic rings. The number of anilines is 4. The Morgan fingerprint density at radius 3 is 2.82 bits per heavy atom. The lowest BCUT2D eigenvalue weighted by Crippen LogP contribution is -2.30. The number of nitrogens with zero attached hydrogens (tertiary/aromatic N) is 2. The lowest BCUT2D eigenvalue weighted by molar-refractivity contribution is -0.0552. The molecule has 1 aromatic heterocycles. The fourth-order valence-electron chi connectivity index (χ4n) is 3.37. The molecule has 1 fully saturated rings. The highest BCUT2D eigenvalue weighted by molar-refractivity contribution is 5.98. The van der Waals surface area contributed by atoms with Crippen LogP contribution in [0, 0.1) is 0 Å². The summed E-state index contributed by atoms with van der Waals surface area (Å²) in [5.41, 5.74) is 2.01. The molecule has 2 aliphatic rings. The molecule has 33 heavy (non-hydrogen) atoms. The Labute approximate surface area is 194 Å². The standard InChI is InChI=1S/C24H33N5O4/c1-15(30)19-13-26-23(29-22(19)27-16-5-6-16)28-17-7-8-21-20(11-17)25-12-18(14-32-21)31-9-10-33-24(2,3)4/h7-8,11,13,16,18,25H,5-6,9-10,12,14H2,1-4H3,(H2,26,27,28,29)/t18-/m0/s1. The van der Waals surface area contributed by atoms with E-state index >= 15 is 0 Å². The number of ether oxygens (including phenoxy) is 3. The van der Waals surface area contributed by atoms with Crippen molar-refractivity contribution in [2.24, 2.45) is 0 Å². The molecule has 1 atom stereocenters. The molecule has 0 amide bonds. The average Bonchev–Trinajstić information content (AvgIpc) is 3.58. The van der Waals surface area contributed by atoms with Gasteiger partial charge in [-0.25, -0.2) is 4.98 Å². The van der Waals surface area contributed by atoms with Gasteiger partial charge in [-0.05, 0) is 58.7 Å². The smallest absolute Gasteiger partial charge is 0.229 e. The third-order valence-corrected chi connectivity index (χ3v) is 5.24. The molecular weight excluding hydrogens is 422 g/mol. The first-order chi connectivity index (χ1) is 15.8. The second-order valence-electron chi connectivity index (χ2n) is 9.41. The number of hydrogen-bond acceptors (Lipinski definition) is 9. The monoisotopic (exact) mass is 455 g/mol. The third kappa shape index (κ3) is 6.79. The number of benzene rings is 1. The van der Waals surface area contributed by atoms with Gasteiger partial charge in [-0.2, -0.15) is 4.98 Å². The summed E-state index contributed by atoms with van der Waals surface area (Å²) < 4.78 is 17.6. The van der Waals surface area contributed by atoms with E-state index in [1.165, 1.54) is 6.92 Å².